The molecule has 2 heterocycles. The highest BCUT2D eigenvalue weighted by atomic mass is 15.3. The van der Waals surface area contributed by atoms with E-state index in [1.807, 2.05) is 7.05 Å². The van der Waals surface area contributed by atoms with Crippen molar-refractivity contribution >= 4 is 5.96 Å². The van der Waals surface area contributed by atoms with E-state index in [0.29, 0.717) is 0 Å². The second-order valence-corrected chi connectivity index (χ2v) is 8.03. The van der Waals surface area contributed by atoms with Crippen LogP contribution in [0.2, 0.25) is 0 Å². The lowest BCUT2D eigenvalue weighted by Crippen LogP contribution is -2.43. The van der Waals surface area contributed by atoms with Crippen LogP contribution in [0.3, 0.4) is 0 Å². The molecule has 0 amide bonds. The zero-order valence-electron chi connectivity index (χ0n) is 15.3. The van der Waals surface area contributed by atoms with Gasteiger partial charge in [0.1, 0.15) is 0 Å². The fourth-order valence-corrected chi connectivity index (χ4v) is 4.88. The van der Waals surface area contributed by atoms with Gasteiger partial charge in [-0.1, -0.05) is 26.2 Å². The van der Waals surface area contributed by atoms with Gasteiger partial charge in [0, 0.05) is 32.7 Å². The zero-order chi connectivity index (χ0) is 16.1. The summed E-state index contributed by atoms with van der Waals surface area (Å²) in [6.07, 6.45) is 11.1. The van der Waals surface area contributed by atoms with E-state index in [1.54, 1.807) is 0 Å². The highest BCUT2D eigenvalue weighted by Crippen LogP contribution is 2.30. The zero-order valence-corrected chi connectivity index (χ0v) is 15.3. The molecule has 0 aromatic heterocycles. The summed E-state index contributed by atoms with van der Waals surface area (Å²) in [4.78, 5) is 9.71. The summed E-state index contributed by atoms with van der Waals surface area (Å²) in [5, 5.41) is 3.64. The van der Waals surface area contributed by atoms with Crippen LogP contribution >= 0.6 is 0 Å². The summed E-state index contributed by atoms with van der Waals surface area (Å²) in [7, 11) is 1.94. The molecular weight excluding hydrogens is 284 g/mol. The summed E-state index contributed by atoms with van der Waals surface area (Å²) in [5.41, 5.74) is 0. The maximum atomic E-state index is 4.54. The SMILES string of the molecule is CN=C(NCCC1CCCC(C)C1)N1CCC(N2CCCC2)C1. The molecule has 3 rings (SSSR count). The van der Waals surface area contributed by atoms with E-state index < -0.39 is 0 Å². The summed E-state index contributed by atoms with van der Waals surface area (Å²) < 4.78 is 0. The molecule has 0 spiro atoms. The lowest BCUT2D eigenvalue weighted by atomic mass is 9.81. The van der Waals surface area contributed by atoms with Gasteiger partial charge in [-0.25, -0.2) is 0 Å². The second kappa shape index (κ2) is 8.36. The molecule has 0 aromatic rings. The Morgan fingerprint density at radius 2 is 1.91 bits per heavy atom. The van der Waals surface area contributed by atoms with Gasteiger partial charge in [-0.05, 0) is 57.0 Å². The monoisotopic (exact) mass is 320 g/mol. The Balaban J connectivity index is 1.39. The molecule has 1 aliphatic carbocycles. The van der Waals surface area contributed by atoms with Crippen molar-refractivity contribution in [1.82, 2.24) is 15.1 Å². The van der Waals surface area contributed by atoms with Crippen molar-refractivity contribution in [2.45, 2.75) is 64.3 Å². The average molecular weight is 321 g/mol. The van der Waals surface area contributed by atoms with Crippen molar-refractivity contribution < 1.29 is 0 Å². The first kappa shape index (κ1) is 17.1. The van der Waals surface area contributed by atoms with Crippen molar-refractivity contribution in [3.8, 4) is 0 Å². The van der Waals surface area contributed by atoms with Crippen molar-refractivity contribution in [2.75, 3.05) is 39.8 Å². The van der Waals surface area contributed by atoms with Crippen LogP contribution < -0.4 is 5.32 Å². The van der Waals surface area contributed by atoms with Crippen LogP contribution in [0.4, 0.5) is 0 Å². The molecule has 3 fully saturated rings. The van der Waals surface area contributed by atoms with Crippen LogP contribution in [0.5, 0.6) is 0 Å². The van der Waals surface area contributed by atoms with Crippen molar-refractivity contribution in [1.29, 1.82) is 0 Å². The van der Waals surface area contributed by atoms with Gasteiger partial charge in [0.25, 0.3) is 0 Å². The normalized spacial score (nSPS) is 33.4. The molecular formula is C19H36N4. The van der Waals surface area contributed by atoms with Crippen LogP contribution in [0.25, 0.3) is 0 Å². The molecule has 4 nitrogen and oxygen atoms in total. The molecule has 3 atom stereocenters. The van der Waals surface area contributed by atoms with E-state index in [-0.39, 0.29) is 0 Å². The highest BCUT2D eigenvalue weighted by Gasteiger charge is 2.30. The Bertz CT molecular complexity index is 389. The number of nitrogens with one attached hydrogen (secondary N) is 1. The maximum absolute atomic E-state index is 4.54. The van der Waals surface area contributed by atoms with Gasteiger partial charge in [-0.3, -0.25) is 9.89 Å². The van der Waals surface area contributed by atoms with Gasteiger partial charge in [0.05, 0.1) is 0 Å². The van der Waals surface area contributed by atoms with Crippen LogP contribution in [0, 0.1) is 11.8 Å². The lowest BCUT2D eigenvalue weighted by molar-refractivity contribution is 0.248. The topological polar surface area (TPSA) is 30.9 Å². The molecule has 4 heteroatoms. The third kappa shape index (κ3) is 4.62. The van der Waals surface area contributed by atoms with E-state index in [4.69, 9.17) is 0 Å². The van der Waals surface area contributed by atoms with E-state index in [9.17, 15) is 0 Å². The van der Waals surface area contributed by atoms with E-state index >= 15 is 0 Å². The first-order valence-electron chi connectivity index (χ1n) is 9.96. The minimum absolute atomic E-state index is 0.759. The summed E-state index contributed by atoms with van der Waals surface area (Å²) in [5.74, 6) is 3.00. The van der Waals surface area contributed by atoms with E-state index in [2.05, 4.69) is 27.0 Å². The van der Waals surface area contributed by atoms with Gasteiger partial charge < -0.3 is 10.2 Å². The molecule has 0 bridgehead atoms. The third-order valence-electron chi connectivity index (χ3n) is 6.21. The molecule has 1 N–H and O–H groups in total. The summed E-state index contributed by atoms with van der Waals surface area (Å²) in [6.45, 7) is 8.46. The maximum Gasteiger partial charge on any atom is 0.193 e. The number of hydrogen-bond donors (Lipinski definition) is 1. The van der Waals surface area contributed by atoms with Gasteiger partial charge in [0.15, 0.2) is 5.96 Å². The Labute approximate surface area is 142 Å². The number of likely N-dealkylation sites (tertiary alicyclic amines) is 2. The van der Waals surface area contributed by atoms with Crippen LogP contribution in [0.15, 0.2) is 4.99 Å². The quantitative estimate of drug-likeness (QED) is 0.638. The van der Waals surface area contributed by atoms with E-state index in [1.165, 1.54) is 77.5 Å². The Morgan fingerprint density at radius 1 is 1.09 bits per heavy atom. The Kier molecular flexibility index (Phi) is 6.21. The number of aliphatic imine (C=N–C) groups is 1. The minimum atomic E-state index is 0.759. The molecule has 0 radical (unpaired) electrons. The molecule has 2 aliphatic heterocycles. The number of guanidine groups is 1. The second-order valence-electron chi connectivity index (χ2n) is 8.03. The van der Waals surface area contributed by atoms with Crippen molar-refractivity contribution in [3.63, 3.8) is 0 Å². The van der Waals surface area contributed by atoms with Crippen LogP contribution in [0.1, 0.15) is 58.3 Å². The van der Waals surface area contributed by atoms with E-state index in [0.717, 1.165) is 30.4 Å². The predicted octanol–water partition coefficient (Wildman–Crippen LogP) is 2.95. The first-order valence-corrected chi connectivity index (χ1v) is 9.96. The Morgan fingerprint density at radius 3 is 2.65 bits per heavy atom. The van der Waals surface area contributed by atoms with Crippen molar-refractivity contribution in [3.05, 3.63) is 0 Å². The predicted molar refractivity (Wildman–Crippen MR) is 97.9 cm³/mol. The fraction of sp³-hybridized carbons (Fsp3) is 0.947. The van der Waals surface area contributed by atoms with Gasteiger partial charge in [0.2, 0.25) is 0 Å². The molecule has 1 saturated carbocycles. The van der Waals surface area contributed by atoms with Gasteiger partial charge in [-0.15, -0.1) is 0 Å². The molecule has 3 unspecified atom stereocenters. The molecule has 2 saturated heterocycles. The van der Waals surface area contributed by atoms with Crippen LogP contribution in [-0.4, -0.2) is 61.6 Å². The third-order valence-corrected chi connectivity index (χ3v) is 6.21. The first-order chi connectivity index (χ1) is 11.3. The fourth-order valence-electron chi connectivity index (χ4n) is 4.88. The highest BCUT2D eigenvalue weighted by molar-refractivity contribution is 5.80. The largest absolute Gasteiger partial charge is 0.356 e. The molecule has 23 heavy (non-hydrogen) atoms. The number of nitrogens with zero attached hydrogens (tertiary/aromatic N) is 3. The minimum Gasteiger partial charge on any atom is -0.356 e. The average Bonchev–Trinajstić information content (AvgIpc) is 3.22. The standard InChI is InChI=1S/C19H36N4/c1-16-6-5-7-17(14-16)8-10-21-19(20-2)23-13-9-18(15-23)22-11-3-4-12-22/h16-18H,3-15H2,1-2H3,(H,20,21). The Hall–Kier alpha value is -0.770. The number of rotatable bonds is 4. The van der Waals surface area contributed by atoms with Gasteiger partial charge >= 0.3 is 0 Å². The van der Waals surface area contributed by atoms with Crippen LogP contribution in [-0.2, 0) is 0 Å². The lowest BCUT2D eigenvalue weighted by Gasteiger charge is -2.28. The smallest absolute Gasteiger partial charge is 0.193 e. The molecule has 132 valence electrons. The summed E-state index contributed by atoms with van der Waals surface area (Å²) >= 11 is 0. The number of hydrogen-bond acceptors (Lipinski definition) is 2. The summed E-state index contributed by atoms with van der Waals surface area (Å²) in [6, 6.07) is 0.759. The van der Waals surface area contributed by atoms with Gasteiger partial charge in [-0.2, -0.15) is 0 Å². The van der Waals surface area contributed by atoms with Crippen molar-refractivity contribution in [2.24, 2.45) is 16.8 Å². The molecule has 3 aliphatic rings. The molecule has 0 aromatic carbocycles.